The smallest absolute Gasteiger partial charge is 0.233 e. The lowest BCUT2D eigenvalue weighted by Gasteiger charge is -2.12. The van der Waals surface area contributed by atoms with Gasteiger partial charge in [-0.15, -0.1) is 11.3 Å². The van der Waals surface area contributed by atoms with Gasteiger partial charge in [-0.25, -0.2) is 4.98 Å². The highest BCUT2D eigenvalue weighted by molar-refractivity contribution is 7.13. The number of thiazole rings is 1. The van der Waals surface area contributed by atoms with Crippen molar-refractivity contribution in [2.45, 2.75) is 12.8 Å². The zero-order valence-electron chi connectivity index (χ0n) is 12.4. The number of aromatic nitrogens is 1. The van der Waals surface area contributed by atoms with Crippen molar-refractivity contribution in [3.63, 3.8) is 0 Å². The molecular weight excluding hydrogens is 296 g/mol. The molecule has 0 aliphatic rings. The van der Waals surface area contributed by atoms with Crippen LogP contribution in [-0.2, 0) is 4.79 Å². The van der Waals surface area contributed by atoms with Crippen LogP contribution in [0.1, 0.15) is 18.4 Å². The molecule has 0 radical (unpaired) electrons. The molecule has 0 bridgehead atoms. The van der Waals surface area contributed by atoms with Crippen LogP contribution in [0.15, 0.2) is 48.0 Å². The fourth-order valence-corrected chi connectivity index (χ4v) is 2.82. The van der Waals surface area contributed by atoms with Crippen molar-refractivity contribution in [3.05, 3.63) is 53.5 Å². The molecule has 0 aliphatic heterocycles. The summed E-state index contributed by atoms with van der Waals surface area (Å²) < 4.78 is 5.23. The molecule has 2 aromatic carbocycles. The lowest BCUT2D eigenvalue weighted by atomic mass is 9.97. The number of methoxy groups -OCH3 is 1. The fourth-order valence-electron chi connectivity index (χ4n) is 2.29. The molecule has 1 amide bonds. The minimum atomic E-state index is -0.240. The summed E-state index contributed by atoms with van der Waals surface area (Å²) in [6.45, 7) is 1.90. The van der Waals surface area contributed by atoms with Gasteiger partial charge < -0.3 is 10.1 Å². The van der Waals surface area contributed by atoms with Crippen molar-refractivity contribution in [2.75, 3.05) is 12.4 Å². The second-order valence-corrected chi connectivity index (χ2v) is 5.92. The Labute approximate surface area is 132 Å². The first-order valence-corrected chi connectivity index (χ1v) is 7.83. The van der Waals surface area contributed by atoms with E-state index in [1.807, 2.05) is 48.7 Å². The first-order chi connectivity index (χ1) is 10.7. The highest BCUT2D eigenvalue weighted by atomic mass is 32.1. The van der Waals surface area contributed by atoms with Crippen molar-refractivity contribution >= 4 is 33.1 Å². The van der Waals surface area contributed by atoms with Gasteiger partial charge in [-0.1, -0.05) is 24.3 Å². The lowest BCUT2D eigenvalue weighted by Crippen LogP contribution is -2.18. The van der Waals surface area contributed by atoms with E-state index < -0.39 is 0 Å². The first kappa shape index (κ1) is 14.5. The Morgan fingerprint density at radius 3 is 2.73 bits per heavy atom. The number of nitrogens with one attached hydrogen (secondary N) is 1. The van der Waals surface area contributed by atoms with E-state index in [9.17, 15) is 4.79 Å². The minimum Gasteiger partial charge on any atom is -0.497 e. The molecule has 22 heavy (non-hydrogen) atoms. The van der Waals surface area contributed by atoms with Gasteiger partial charge in [0.2, 0.25) is 5.91 Å². The maximum Gasteiger partial charge on any atom is 0.233 e. The topological polar surface area (TPSA) is 51.2 Å². The maximum absolute atomic E-state index is 12.3. The summed E-state index contributed by atoms with van der Waals surface area (Å²) in [5, 5.41) is 7.48. The van der Waals surface area contributed by atoms with Gasteiger partial charge in [0.15, 0.2) is 5.13 Å². The lowest BCUT2D eigenvalue weighted by molar-refractivity contribution is -0.117. The Hall–Kier alpha value is -2.40. The largest absolute Gasteiger partial charge is 0.497 e. The highest BCUT2D eigenvalue weighted by Gasteiger charge is 2.16. The van der Waals surface area contributed by atoms with Crippen LogP contribution in [0.25, 0.3) is 10.8 Å². The van der Waals surface area contributed by atoms with Gasteiger partial charge in [-0.05, 0) is 35.4 Å². The average Bonchev–Trinajstić information content (AvgIpc) is 3.06. The predicted molar refractivity (Wildman–Crippen MR) is 89.7 cm³/mol. The average molecular weight is 312 g/mol. The zero-order chi connectivity index (χ0) is 15.5. The number of nitrogens with zero attached hydrogens (tertiary/aromatic N) is 1. The molecule has 1 N–H and O–H groups in total. The van der Waals surface area contributed by atoms with Crippen LogP contribution in [0.5, 0.6) is 5.75 Å². The van der Waals surface area contributed by atoms with Crippen molar-refractivity contribution in [3.8, 4) is 5.75 Å². The number of amides is 1. The van der Waals surface area contributed by atoms with Crippen LogP contribution in [0, 0.1) is 0 Å². The molecule has 0 saturated carbocycles. The van der Waals surface area contributed by atoms with Crippen LogP contribution in [0.3, 0.4) is 0 Å². The van der Waals surface area contributed by atoms with Crippen molar-refractivity contribution in [1.29, 1.82) is 0 Å². The third-order valence-electron chi connectivity index (χ3n) is 3.63. The molecule has 112 valence electrons. The van der Waals surface area contributed by atoms with E-state index in [1.165, 1.54) is 11.3 Å². The molecule has 0 fully saturated rings. The molecule has 1 heterocycles. The van der Waals surface area contributed by atoms with Crippen molar-refractivity contribution in [1.82, 2.24) is 4.98 Å². The van der Waals surface area contributed by atoms with Crippen molar-refractivity contribution < 1.29 is 9.53 Å². The molecule has 1 atom stereocenters. The molecule has 0 saturated heterocycles. The molecule has 0 aliphatic carbocycles. The molecule has 0 spiro atoms. The summed E-state index contributed by atoms with van der Waals surface area (Å²) >= 11 is 1.41. The van der Waals surface area contributed by atoms with E-state index in [4.69, 9.17) is 4.74 Å². The van der Waals surface area contributed by atoms with Gasteiger partial charge in [-0.2, -0.15) is 0 Å². The van der Waals surface area contributed by atoms with E-state index in [0.29, 0.717) is 5.13 Å². The Kier molecular flexibility index (Phi) is 4.06. The van der Waals surface area contributed by atoms with E-state index in [0.717, 1.165) is 22.1 Å². The summed E-state index contributed by atoms with van der Waals surface area (Å²) in [4.78, 5) is 16.4. The first-order valence-electron chi connectivity index (χ1n) is 6.95. The summed E-state index contributed by atoms with van der Waals surface area (Å²) in [7, 11) is 1.65. The Morgan fingerprint density at radius 2 is 2.00 bits per heavy atom. The van der Waals surface area contributed by atoms with Gasteiger partial charge in [0, 0.05) is 11.6 Å². The van der Waals surface area contributed by atoms with Crippen molar-refractivity contribution in [2.24, 2.45) is 0 Å². The molecular formula is C17H16N2O2S. The summed E-state index contributed by atoms with van der Waals surface area (Å²) in [6.07, 6.45) is 1.67. The van der Waals surface area contributed by atoms with E-state index in [-0.39, 0.29) is 11.8 Å². The van der Waals surface area contributed by atoms with E-state index in [1.54, 1.807) is 13.3 Å². The normalized spacial score (nSPS) is 12.1. The number of ether oxygens (including phenoxy) is 1. The molecule has 3 rings (SSSR count). The summed E-state index contributed by atoms with van der Waals surface area (Å²) in [5.41, 5.74) is 0.978. The van der Waals surface area contributed by atoms with Crippen LogP contribution in [-0.4, -0.2) is 18.0 Å². The van der Waals surface area contributed by atoms with Crippen LogP contribution < -0.4 is 10.1 Å². The molecule has 4 nitrogen and oxygen atoms in total. The summed E-state index contributed by atoms with van der Waals surface area (Å²) in [5.74, 6) is 0.535. The molecule has 1 unspecified atom stereocenters. The Morgan fingerprint density at radius 1 is 1.23 bits per heavy atom. The molecule has 5 heteroatoms. The second kappa shape index (κ2) is 6.15. The third kappa shape index (κ3) is 2.94. The predicted octanol–water partition coefficient (Wildman–Crippen LogP) is 4.05. The second-order valence-electron chi connectivity index (χ2n) is 5.02. The SMILES string of the molecule is COc1ccc2cc(C(C)C(=O)Nc3nccs3)ccc2c1. The van der Waals surface area contributed by atoms with Crippen LogP contribution in [0.2, 0.25) is 0 Å². The maximum atomic E-state index is 12.3. The number of carbonyl (C=O) groups excluding carboxylic acids is 1. The number of hydrogen-bond acceptors (Lipinski definition) is 4. The monoisotopic (exact) mass is 312 g/mol. The van der Waals surface area contributed by atoms with Gasteiger partial charge in [-0.3, -0.25) is 4.79 Å². The third-order valence-corrected chi connectivity index (χ3v) is 4.32. The fraction of sp³-hybridized carbons (Fsp3) is 0.176. The van der Waals surface area contributed by atoms with Gasteiger partial charge in [0.25, 0.3) is 0 Å². The van der Waals surface area contributed by atoms with Gasteiger partial charge in [0.05, 0.1) is 13.0 Å². The quantitative estimate of drug-likeness (QED) is 0.791. The molecule has 3 aromatic rings. The van der Waals surface area contributed by atoms with Crippen LogP contribution >= 0.6 is 11.3 Å². The number of benzene rings is 2. The van der Waals surface area contributed by atoms with Gasteiger partial charge in [0.1, 0.15) is 5.75 Å². The number of fused-ring (bicyclic) bond motifs is 1. The standard InChI is InChI=1S/C17H16N2O2S/c1-11(16(20)19-17-18-7-8-22-17)12-3-4-14-10-15(21-2)6-5-13(14)9-12/h3-11H,1-2H3,(H,18,19,20). The zero-order valence-corrected chi connectivity index (χ0v) is 13.2. The number of hydrogen-bond donors (Lipinski definition) is 1. The Bertz CT molecular complexity index is 800. The Balaban J connectivity index is 1.84. The number of rotatable bonds is 4. The van der Waals surface area contributed by atoms with E-state index >= 15 is 0 Å². The highest BCUT2D eigenvalue weighted by Crippen LogP contribution is 2.26. The number of anilines is 1. The van der Waals surface area contributed by atoms with Gasteiger partial charge >= 0.3 is 0 Å². The molecule has 1 aromatic heterocycles. The summed E-state index contributed by atoms with van der Waals surface area (Å²) in [6, 6.07) is 11.9. The van der Waals surface area contributed by atoms with Crippen LogP contribution in [0.4, 0.5) is 5.13 Å². The minimum absolute atomic E-state index is 0.0530. The van der Waals surface area contributed by atoms with E-state index in [2.05, 4.69) is 10.3 Å². The number of carbonyl (C=O) groups is 1.